The molecule has 1 aromatic carbocycles. The molecule has 0 amide bonds. The molecule has 0 unspecified atom stereocenters. The van der Waals surface area contributed by atoms with Gasteiger partial charge in [0.25, 0.3) is 0 Å². The molecule has 0 heterocycles. The Morgan fingerprint density at radius 3 is 2.60 bits per heavy atom. The molecule has 0 aliphatic rings. The predicted octanol–water partition coefficient (Wildman–Crippen LogP) is 2.15. The van der Waals surface area contributed by atoms with Gasteiger partial charge in [-0.2, -0.15) is 0 Å². The third-order valence-corrected chi connectivity index (χ3v) is 3.74. The Bertz CT molecular complexity index is 366. The van der Waals surface area contributed by atoms with Crippen LogP contribution in [0, 0.1) is 13.8 Å². The maximum absolute atomic E-state index is 9.81. The molecule has 0 spiro atoms. The van der Waals surface area contributed by atoms with Crippen LogP contribution < -0.4 is 5.73 Å². The lowest BCUT2D eigenvalue weighted by molar-refractivity contribution is 0.275. The summed E-state index contributed by atoms with van der Waals surface area (Å²) in [5.74, 6) is 0.203. The third kappa shape index (κ3) is 2.51. The second-order valence-corrected chi connectivity index (χ2v) is 4.48. The molecular formula is C11H16BrNO2. The van der Waals surface area contributed by atoms with E-state index in [2.05, 4.69) is 15.9 Å². The number of hydrogen-bond donors (Lipinski definition) is 3. The van der Waals surface area contributed by atoms with Crippen LogP contribution in [0.4, 0.5) is 0 Å². The van der Waals surface area contributed by atoms with Crippen molar-refractivity contribution in [2.75, 3.05) is 6.61 Å². The van der Waals surface area contributed by atoms with Crippen molar-refractivity contribution in [3.05, 3.63) is 27.2 Å². The van der Waals surface area contributed by atoms with Crippen molar-refractivity contribution >= 4 is 15.9 Å². The van der Waals surface area contributed by atoms with E-state index in [0.29, 0.717) is 12.0 Å². The highest BCUT2D eigenvalue weighted by Crippen LogP contribution is 2.35. The fraction of sp³-hybridized carbons (Fsp3) is 0.455. The topological polar surface area (TPSA) is 66.5 Å². The Kier molecular flexibility index (Phi) is 4.13. The Hall–Kier alpha value is -0.580. The number of aromatic hydroxyl groups is 1. The summed E-state index contributed by atoms with van der Waals surface area (Å²) in [5, 5.41) is 18.6. The number of aryl methyl sites for hydroxylation is 1. The van der Waals surface area contributed by atoms with E-state index in [1.54, 1.807) is 6.07 Å². The molecule has 15 heavy (non-hydrogen) atoms. The van der Waals surface area contributed by atoms with Gasteiger partial charge < -0.3 is 15.9 Å². The smallest absolute Gasteiger partial charge is 0.120 e. The molecule has 0 bridgehead atoms. The molecule has 84 valence electrons. The Morgan fingerprint density at radius 1 is 1.47 bits per heavy atom. The van der Waals surface area contributed by atoms with Gasteiger partial charge in [0.2, 0.25) is 0 Å². The van der Waals surface area contributed by atoms with E-state index in [-0.39, 0.29) is 18.4 Å². The maximum Gasteiger partial charge on any atom is 0.120 e. The van der Waals surface area contributed by atoms with Crippen molar-refractivity contribution in [3.63, 3.8) is 0 Å². The Balaban J connectivity index is 3.23. The highest BCUT2D eigenvalue weighted by molar-refractivity contribution is 9.10. The first-order valence-electron chi connectivity index (χ1n) is 4.84. The van der Waals surface area contributed by atoms with Crippen molar-refractivity contribution in [2.45, 2.75) is 26.3 Å². The summed E-state index contributed by atoms with van der Waals surface area (Å²) in [6.45, 7) is 3.84. The lowest BCUT2D eigenvalue weighted by Gasteiger charge is -2.17. The van der Waals surface area contributed by atoms with Crippen LogP contribution in [0.5, 0.6) is 5.75 Å². The molecule has 3 nitrogen and oxygen atoms in total. The lowest BCUT2D eigenvalue weighted by atomic mass is 9.96. The van der Waals surface area contributed by atoms with Crippen LogP contribution in [0.3, 0.4) is 0 Å². The molecular weight excluding hydrogens is 258 g/mol. The first-order chi connectivity index (χ1) is 6.99. The van der Waals surface area contributed by atoms with Crippen LogP contribution in [-0.4, -0.2) is 16.8 Å². The van der Waals surface area contributed by atoms with Gasteiger partial charge in [0.05, 0.1) is 0 Å². The highest BCUT2D eigenvalue weighted by Gasteiger charge is 2.16. The summed E-state index contributed by atoms with van der Waals surface area (Å²) in [7, 11) is 0. The normalized spacial score (nSPS) is 12.9. The molecule has 0 saturated heterocycles. The molecule has 4 N–H and O–H groups in total. The molecule has 0 radical (unpaired) electrons. The zero-order chi connectivity index (χ0) is 11.6. The average molecular weight is 274 g/mol. The molecule has 0 aliphatic carbocycles. The van der Waals surface area contributed by atoms with Gasteiger partial charge in [-0.25, -0.2) is 0 Å². The summed E-state index contributed by atoms with van der Waals surface area (Å²) in [6.07, 6.45) is 0.448. The Labute approximate surface area is 98.1 Å². The summed E-state index contributed by atoms with van der Waals surface area (Å²) >= 11 is 3.45. The minimum absolute atomic E-state index is 0.0194. The molecule has 1 atom stereocenters. The summed E-state index contributed by atoms with van der Waals surface area (Å²) in [6, 6.07) is 1.36. The second kappa shape index (κ2) is 4.96. The number of nitrogens with two attached hydrogens (primary N) is 1. The standard InChI is InChI=1S/C11H16BrNO2/c1-6-5-9(15)10(7(2)11(6)12)8(13)3-4-14/h5,8,14-15H,3-4,13H2,1-2H3/t8-/m0/s1. The fourth-order valence-corrected chi connectivity index (χ4v) is 2.03. The highest BCUT2D eigenvalue weighted by atomic mass is 79.9. The summed E-state index contributed by atoms with van der Waals surface area (Å²) in [4.78, 5) is 0. The molecule has 0 fully saturated rings. The second-order valence-electron chi connectivity index (χ2n) is 3.68. The summed E-state index contributed by atoms with van der Waals surface area (Å²) in [5.41, 5.74) is 8.51. The van der Waals surface area contributed by atoms with E-state index in [4.69, 9.17) is 10.8 Å². The van der Waals surface area contributed by atoms with E-state index < -0.39 is 0 Å². The zero-order valence-electron chi connectivity index (χ0n) is 8.92. The van der Waals surface area contributed by atoms with Gasteiger partial charge >= 0.3 is 0 Å². The number of halogens is 1. The van der Waals surface area contributed by atoms with Crippen LogP contribution in [0.2, 0.25) is 0 Å². The van der Waals surface area contributed by atoms with Crippen LogP contribution in [0.25, 0.3) is 0 Å². The van der Waals surface area contributed by atoms with Gasteiger partial charge in [-0.1, -0.05) is 15.9 Å². The number of phenolic OH excluding ortho intramolecular Hbond substituents is 1. The minimum atomic E-state index is -0.327. The van der Waals surface area contributed by atoms with Gasteiger partial charge in [0.15, 0.2) is 0 Å². The number of benzene rings is 1. The van der Waals surface area contributed by atoms with Crippen molar-refractivity contribution < 1.29 is 10.2 Å². The van der Waals surface area contributed by atoms with Crippen LogP contribution >= 0.6 is 15.9 Å². The molecule has 4 heteroatoms. The lowest BCUT2D eigenvalue weighted by Crippen LogP contribution is -2.14. The fourth-order valence-electron chi connectivity index (χ4n) is 1.70. The van der Waals surface area contributed by atoms with Gasteiger partial charge in [-0.05, 0) is 37.5 Å². The van der Waals surface area contributed by atoms with Crippen molar-refractivity contribution in [2.24, 2.45) is 5.73 Å². The van der Waals surface area contributed by atoms with E-state index >= 15 is 0 Å². The number of phenols is 1. The first-order valence-corrected chi connectivity index (χ1v) is 5.63. The maximum atomic E-state index is 9.81. The van der Waals surface area contributed by atoms with Crippen LogP contribution in [-0.2, 0) is 0 Å². The monoisotopic (exact) mass is 273 g/mol. The summed E-state index contributed by atoms with van der Waals surface area (Å²) < 4.78 is 0.962. The van der Waals surface area contributed by atoms with E-state index in [9.17, 15) is 5.11 Å². The first kappa shape index (κ1) is 12.5. The van der Waals surface area contributed by atoms with Gasteiger partial charge in [0.1, 0.15) is 5.75 Å². The predicted molar refractivity (Wildman–Crippen MR) is 63.9 cm³/mol. The number of aliphatic hydroxyl groups excluding tert-OH is 1. The van der Waals surface area contributed by atoms with Crippen LogP contribution in [0.15, 0.2) is 10.5 Å². The largest absolute Gasteiger partial charge is 0.508 e. The van der Waals surface area contributed by atoms with Crippen molar-refractivity contribution in [1.29, 1.82) is 0 Å². The van der Waals surface area contributed by atoms with Gasteiger partial charge in [0, 0.05) is 22.7 Å². The Morgan fingerprint density at radius 2 is 2.07 bits per heavy atom. The van der Waals surface area contributed by atoms with E-state index in [0.717, 1.165) is 15.6 Å². The molecule has 1 rings (SSSR count). The van der Waals surface area contributed by atoms with E-state index in [1.165, 1.54) is 0 Å². The molecule has 0 aliphatic heterocycles. The van der Waals surface area contributed by atoms with E-state index in [1.807, 2.05) is 13.8 Å². The molecule has 0 aromatic heterocycles. The quantitative estimate of drug-likeness (QED) is 0.791. The minimum Gasteiger partial charge on any atom is -0.508 e. The van der Waals surface area contributed by atoms with Gasteiger partial charge in [-0.15, -0.1) is 0 Å². The van der Waals surface area contributed by atoms with Gasteiger partial charge in [-0.3, -0.25) is 0 Å². The van der Waals surface area contributed by atoms with Crippen molar-refractivity contribution in [3.8, 4) is 5.75 Å². The third-order valence-electron chi connectivity index (χ3n) is 2.52. The zero-order valence-corrected chi connectivity index (χ0v) is 10.5. The number of rotatable bonds is 3. The number of aliphatic hydroxyl groups is 1. The van der Waals surface area contributed by atoms with Crippen molar-refractivity contribution in [1.82, 2.24) is 0 Å². The molecule has 0 saturated carbocycles. The average Bonchev–Trinajstić information content (AvgIpc) is 2.15. The van der Waals surface area contributed by atoms with Crippen LogP contribution in [0.1, 0.15) is 29.2 Å². The SMILES string of the molecule is Cc1cc(O)c([C@@H](N)CCO)c(C)c1Br. The number of hydrogen-bond acceptors (Lipinski definition) is 3. The molecule has 1 aromatic rings.